The lowest BCUT2D eigenvalue weighted by molar-refractivity contribution is 0.0714. The van der Waals surface area contributed by atoms with Crippen molar-refractivity contribution in [1.29, 1.82) is 0 Å². The molecule has 1 aromatic heterocycles. The van der Waals surface area contributed by atoms with Gasteiger partial charge in [0.1, 0.15) is 23.8 Å². The second-order valence-electron chi connectivity index (χ2n) is 9.91. The molecule has 6 rings (SSSR count). The first kappa shape index (κ1) is 27.1. The number of amides is 1. The van der Waals surface area contributed by atoms with E-state index in [9.17, 15) is 14.0 Å². The van der Waals surface area contributed by atoms with Gasteiger partial charge in [0.05, 0.1) is 30.7 Å². The highest BCUT2D eigenvalue weighted by Gasteiger charge is 2.43. The minimum absolute atomic E-state index is 0.0556. The Morgan fingerprint density at radius 3 is 2.38 bits per heavy atom. The lowest BCUT2D eigenvalue weighted by Gasteiger charge is -2.26. The number of methoxy groups -OCH3 is 1. The first-order valence-corrected chi connectivity index (χ1v) is 13.6. The average molecular weight is 566 g/mol. The number of rotatable bonds is 9. The number of halogens is 1. The molecule has 1 aliphatic rings. The molecule has 1 aliphatic heterocycles. The first-order chi connectivity index (χ1) is 20.5. The van der Waals surface area contributed by atoms with Crippen molar-refractivity contribution in [2.45, 2.75) is 26.1 Å². The smallest absolute Gasteiger partial charge is 0.291 e. The molecule has 0 spiro atoms. The van der Waals surface area contributed by atoms with Gasteiger partial charge < -0.3 is 23.5 Å². The van der Waals surface area contributed by atoms with E-state index in [-0.39, 0.29) is 28.8 Å². The molecule has 0 N–H and O–H groups in total. The molecule has 212 valence electrons. The number of nitrogens with zero attached hydrogens (tertiary/aromatic N) is 1. The fourth-order valence-electron chi connectivity index (χ4n) is 5.25. The maximum absolute atomic E-state index is 14.2. The van der Waals surface area contributed by atoms with Crippen LogP contribution in [0.2, 0.25) is 0 Å². The van der Waals surface area contributed by atoms with Crippen molar-refractivity contribution >= 4 is 16.9 Å². The topological polar surface area (TPSA) is 78.2 Å². The quantitative estimate of drug-likeness (QED) is 0.199. The third-order valence-corrected chi connectivity index (χ3v) is 7.26. The monoisotopic (exact) mass is 565 g/mol. The molecule has 0 radical (unpaired) electrons. The predicted octanol–water partition coefficient (Wildman–Crippen LogP) is 6.66. The van der Waals surface area contributed by atoms with Gasteiger partial charge >= 0.3 is 0 Å². The molecule has 4 aromatic carbocycles. The summed E-state index contributed by atoms with van der Waals surface area (Å²) in [4.78, 5) is 29.3. The van der Waals surface area contributed by atoms with Crippen molar-refractivity contribution in [1.82, 2.24) is 4.90 Å². The number of carbonyl (C=O) groups is 1. The van der Waals surface area contributed by atoms with E-state index in [0.717, 1.165) is 17.2 Å². The zero-order valence-electron chi connectivity index (χ0n) is 23.1. The van der Waals surface area contributed by atoms with Crippen LogP contribution in [0.15, 0.2) is 100 Å². The van der Waals surface area contributed by atoms with Crippen LogP contribution in [-0.2, 0) is 13.2 Å². The van der Waals surface area contributed by atoms with Crippen molar-refractivity contribution in [3.05, 3.63) is 135 Å². The Balaban J connectivity index is 1.45. The third-order valence-electron chi connectivity index (χ3n) is 7.26. The van der Waals surface area contributed by atoms with E-state index in [1.165, 1.54) is 12.1 Å². The molecule has 2 heterocycles. The molecule has 1 amide bonds. The van der Waals surface area contributed by atoms with Crippen molar-refractivity contribution < 1.29 is 27.8 Å². The molecular weight excluding hydrogens is 537 g/mol. The van der Waals surface area contributed by atoms with Crippen molar-refractivity contribution in [2.24, 2.45) is 0 Å². The number of benzene rings is 4. The van der Waals surface area contributed by atoms with E-state index < -0.39 is 23.2 Å². The highest BCUT2D eigenvalue weighted by Crippen LogP contribution is 2.42. The molecule has 0 aliphatic carbocycles. The molecule has 1 unspecified atom stereocenters. The highest BCUT2D eigenvalue weighted by atomic mass is 19.1. The van der Waals surface area contributed by atoms with Gasteiger partial charge in [-0.3, -0.25) is 9.59 Å². The Morgan fingerprint density at radius 1 is 0.857 bits per heavy atom. The SMILES string of the molecule is CCOc1cc(C2c3c(oc4ccc(F)cc4c3=O)C(=O)N2Cc2ccc(OC)cc2)ccc1OCc1ccccc1. The standard InChI is InChI=1S/C34H28FNO6/c1-3-40-29-17-23(11-15-28(29)41-20-22-7-5-4-6-8-22)31-30-32(37)26-18-24(35)12-16-27(26)42-33(30)34(38)36(31)19-21-9-13-25(39-2)14-10-21/h4-18,31H,3,19-20H2,1-2H3. The number of carbonyl (C=O) groups excluding carboxylic acids is 1. The number of hydrogen-bond donors (Lipinski definition) is 0. The van der Waals surface area contributed by atoms with Gasteiger partial charge in [-0.15, -0.1) is 0 Å². The summed E-state index contributed by atoms with van der Waals surface area (Å²) in [5.74, 6) is 0.639. The van der Waals surface area contributed by atoms with E-state index in [4.69, 9.17) is 18.6 Å². The van der Waals surface area contributed by atoms with Gasteiger partial charge in [0, 0.05) is 6.54 Å². The average Bonchev–Trinajstić information content (AvgIpc) is 3.29. The van der Waals surface area contributed by atoms with Crippen LogP contribution in [0.1, 0.15) is 45.8 Å². The second-order valence-corrected chi connectivity index (χ2v) is 9.91. The maximum Gasteiger partial charge on any atom is 0.291 e. The molecule has 8 heteroatoms. The summed E-state index contributed by atoms with van der Waals surface area (Å²) in [6, 6.07) is 25.4. The Morgan fingerprint density at radius 2 is 1.64 bits per heavy atom. The Bertz CT molecular complexity index is 1820. The molecule has 42 heavy (non-hydrogen) atoms. The minimum Gasteiger partial charge on any atom is -0.497 e. The van der Waals surface area contributed by atoms with Crippen LogP contribution in [0.5, 0.6) is 17.2 Å². The van der Waals surface area contributed by atoms with Gasteiger partial charge in [0.2, 0.25) is 5.76 Å². The predicted molar refractivity (Wildman–Crippen MR) is 156 cm³/mol. The molecule has 0 fully saturated rings. The van der Waals surface area contributed by atoms with E-state index >= 15 is 0 Å². The molecule has 0 saturated carbocycles. The lowest BCUT2D eigenvalue weighted by Crippen LogP contribution is -2.29. The van der Waals surface area contributed by atoms with Gasteiger partial charge in [0.25, 0.3) is 5.91 Å². The summed E-state index contributed by atoms with van der Waals surface area (Å²) in [6.07, 6.45) is 0. The van der Waals surface area contributed by atoms with Crippen molar-refractivity contribution in [2.75, 3.05) is 13.7 Å². The molecule has 7 nitrogen and oxygen atoms in total. The summed E-state index contributed by atoms with van der Waals surface area (Å²) >= 11 is 0. The molecule has 0 saturated heterocycles. The van der Waals surface area contributed by atoms with Crippen LogP contribution in [0.25, 0.3) is 11.0 Å². The minimum atomic E-state index is -0.805. The molecular formula is C34H28FNO6. The van der Waals surface area contributed by atoms with Gasteiger partial charge in [-0.2, -0.15) is 0 Å². The van der Waals surface area contributed by atoms with E-state index in [1.54, 1.807) is 24.1 Å². The number of fused-ring (bicyclic) bond motifs is 2. The van der Waals surface area contributed by atoms with Crippen LogP contribution < -0.4 is 19.6 Å². The third kappa shape index (κ3) is 5.07. The highest BCUT2D eigenvalue weighted by molar-refractivity contribution is 5.99. The largest absolute Gasteiger partial charge is 0.497 e. The fraction of sp³-hybridized carbons (Fsp3) is 0.176. The van der Waals surface area contributed by atoms with Gasteiger partial charge in [-0.1, -0.05) is 48.5 Å². The van der Waals surface area contributed by atoms with Gasteiger partial charge in [0.15, 0.2) is 16.9 Å². The van der Waals surface area contributed by atoms with Crippen molar-refractivity contribution in [3.8, 4) is 17.2 Å². The summed E-state index contributed by atoms with van der Waals surface area (Å²) in [5.41, 5.74) is 2.32. The van der Waals surface area contributed by atoms with Gasteiger partial charge in [-0.25, -0.2) is 4.39 Å². The van der Waals surface area contributed by atoms with Crippen LogP contribution in [0.3, 0.4) is 0 Å². The maximum atomic E-state index is 14.2. The second kappa shape index (κ2) is 11.4. The first-order valence-electron chi connectivity index (χ1n) is 13.6. The summed E-state index contributed by atoms with van der Waals surface area (Å²) < 4.78 is 37.4. The number of hydrogen-bond acceptors (Lipinski definition) is 6. The van der Waals surface area contributed by atoms with E-state index in [0.29, 0.717) is 36.0 Å². The summed E-state index contributed by atoms with van der Waals surface area (Å²) in [7, 11) is 1.58. The zero-order chi connectivity index (χ0) is 29.2. The molecule has 5 aromatic rings. The van der Waals surface area contributed by atoms with Crippen LogP contribution in [0.4, 0.5) is 4.39 Å². The summed E-state index contributed by atoms with van der Waals surface area (Å²) in [6.45, 7) is 2.79. The summed E-state index contributed by atoms with van der Waals surface area (Å²) in [5, 5.41) is 0.0747. The van der Waals surface area contributed by atoms with Crippen molar-refractivity contribution in [3.63, 3.8) is 0 Å². The van der Waals surface area contributed by atoms with Gasteiger partial charge in [-0.05, 0) is 66.1 Å². The van der Waals surface area contributed by atoms with Crippen LogP contribution in [-0.4, -0.2) is 24.5 Å². The Kier molecular flexibility index (Phi) is 7.35. The van der Waals surface area contributed by atoms with E-state index in [2.05, 4.69) is 0 Å². The molecule has 1 atom stereocenters. The number of ether oxygens (including phenoxy) is 3. The lowest BCUT2D eigenvalue weighted by atomic mass is 9.97. The van der Waals surface area contributed by atoms with Crippen LogP contribution >= 0.6 is 0 Å². The normalized spacial score (nSPS) is 14.2. The van der Waals surface area contributed by atoms with Crippen LogP contribution in [0, 0.1) is 5.82 Å². The fourth-order valence-corrected chi connectivity index (χ4v) is 5.25. The Labute approximate surface area is 241 Å². The van der Waals surface area contributed by atoms with E-state index in [1.807, 2.05) is 67.6 Å². The Hall–Kier alpha value is -5.11. The zero-order valence-corrected chi connectivity index (χ0v) is 23.1. The molecule has 0 bridgehead atoms.